The smallest absolute Gasteiger partial charge is 0.232 e. The van der Waals surface area contributed by atoms with Crippen molar-refractivity contribution >= 4 is 17.7 Å². The summed E-state index contributed by atoms with van der Waals surface area (Å²) in [4.78, 5) is 13.5. The van der Waals surface area contributed by atoms with Crippen molar-refractivity contribution in [1.29, 1.82) is 0 Å². The highest BCUT2D eigenvalue weighted by Gasteiger charge is 2.41. The van der Waals surface area contributed by atoms with Gasteiger partial charge in [0.05, 0.1) is 24.4 Å². The second kappa shape index (κ2) is 5.92. The first-order valence-electron chi connectivity index (χ1n) is 6.35. The fraction of sp³-hybridized carbons (Fsp3) is 0.500. The van der Waals surface area contributed by atoms with Gasteiger partial charge >= 0.3 is 0 Å². The van der Waals surface area contributed by atoms with Crippen LogP contribution in [0.3, 0.4) is 0 Å². The molecular formula is C14H18FNO2S. The molecule has 0 aliphatic carbocycles. The van der Waals surface area contributed by atoms with Gasteiger partial charge in [-0.25, -0.2) is 4.39 Å². The van der Waals surface area contributed by atoms with Crippen LogP contribution in [0.25, 0.3) is 0 Å². The van der Waals surface area contributed by atoms with Crippen LogP contribution >= 0.6 is 11.8 Å². The van der Waals surface area contributed by atoms with Crippen molar-refractivity contribution in [3.05, 3.63) is 35.6 Å². The number of hydrogen-bond donors (Lipinski definition) is 1. The summed E-state index contributed by atoms with van der Waals surface area (Å²) in [6.45, 7) is 2.81. The van der Waals surface area contributed by atoms with E-state index in [1.54, 1.807) is 17.0 Å². The maximum atomic E-state index is 12.7. The molecule has 1 N–H and O–H groups in total. The average molecular weight is 283 g/mol. The maximum absolute atomic E-state index is 12.7. The van der Waals surface area contributed by atoms with Crippen LogP contribution in [0.1, 0.15) is 18.9 Å². The molecule has 19 heavy (non-hydrogen) atoms. The third-order valence-electron chi connectivity index (χ3n) is 3.39. The Morgan fingerprint density at radius 1 is 1.42 bits per heavy atom. The van der Waals surface area contributed by atoms with Crippen molar-refractivity contribution in [2.45, 2.75) is 24.7 Å². The van der Waals surface area contributed by atoms with Crippen LogP contribution in [0.15, 0.2) is 24.3 Å². The maximum Gasteiger partial charge on any atom is 0.232 e. The van der Waals surface area contributed by atoms with E-state index in [0.29, 0.717) is 31.0 Å². The fourth-order valence-electron chi connectivity index (χ4n) is 1.99. The zero-order chi connectivity index (χ0) is 13.9. The molecule has 1 aromatic carbocycles. The van der Waals surface area contributed by atoms with Crippen LogP contribution in [0, 0.1) is 5.82 Å². The van der Waals surface area contributed by atoms with E-state index in [1.807, 2.05) is 6.92 Å². The Bertz CT molecular complexity index is 443. The lowest BCUT2D eigenvalue weighted by atomic mass is 9.91. The van der Waals surface area contributed by atoms with E-state index in [9.17, 15) is 14.3 Å². The van der Waals surface area contributed by atoms with Gasteiger partial charge < -0.3 is 10.0 Å². The molecule has 1 aliphatic heterocycles. The quantitative estimate of drug-likeness (QED) is 0.899. The Morgan fingerprint density at radius 3 is 2.63 bits per heavy atom. The van der Waals surface area contributed by atoms with E-state index >= 15 is 0 Å². The molecule has 0 saturated carbocycles. The van der Waals surface area contributed by atoms with Crippen molar-refractivity contribution in [2.75, 3.05) is 18.8 Å². The number of benzene rings is 1. The number of aliphatic hydroxyl groups is 1. The molecule has 1 fully saturated rings. The minimum absolute atomic E-state index is 0.0604. The van der Waals surface area contributed by atoms with Crippen molar-refractivity contribution in [1.82, 2.24) is 4.90 Å². The molecule has 1 saturated heterocycles. The number of amides is 1. The highest BCUT2D eigenvalue weighted by atomic mass is 32.2. The predicted octanol–water partition coefficient (Wildman–Crippen LogP) is 2.04. The van der Waals surface area contributed by atoms with Gasteiger partial charge in [-0.3, -0.25) is 4.79 Å². The summed E-state index contributed by atoms with van der Waals surface area (Å²) < 4.78 is 12.7. The number of halogens is 1. The highest BCUT2D eigenvalue weighted by molar-refractivity contribution is 7.99. The molecular weight excluding hydrogens is 265 g/mol. The van der Waals surface area contributed by atoms with Gasteiger partial charge in [-0.15, -0.1) is 11.8 Å². The van der Waals surface area contributed by atoms with E-state index in [-0.39, 0.29) is 11.7 Å². The summed E-state index contributed by atoms with van der Waals surface area (Å²) in [5, 5.41) is 9.83. The molecule has 1 aromatic rings. The topological polar surface area (TPSA) is 40.5 Å². The van der Waals surface area contributed by atoms with Crippen molar-refractivity contribution in [3.63, 3.8) is 0 Å². The number of hydrogen-bond acceptors (Lipinski definition) is 3. The summed E-state index contributed by atoms with van der Waals surface area (Å²) in [5.41, 5.74) is 0.338. The van der Waals surface area contributed by atoms with Gasteiger partial charge in [0.1, 0.15) is 5.82 Å². The van der Waals surface area contributed by atoms with Gasteiger partial charge in [0.25, 0.3) is 0 Å². The first-order chi connectivity index (χ1) is 9.02. The first-order valence-corrected chi connectivity index (χ1v) is 7.50. The second-order valence-electron chi connectivity index (χ2n) is 4.95. The van der Waals surface area contributed by atoms with Crippen LogP contribution in [-0.2, 0) is 10.5 Å². The Balaban J connectivity index is 1.69. The molecule has 0 unspecified atom stereocenters. The summed E-state index contributed by atoms with van der Waals surface area (Å²) in [5.74, 6) is 0.907. The largest absolute Gasteiger partial charge is 0.386 e. The number of carbonyl (C=O) groups is 1. The third-order valence-corrected chi connectivity index (χ3v) is 4.38. The summed E-state index contributed by atoms with van der Waals surface area (Å²) in [6.07, 6.45) is 0.680. The second-order valence-corrected chi connectivity index (χ2v) is 5.93. The van der Waals surface area contributed by atoms with Gasteiger partial charge in [0.2, 0.25) is 5.91 Å². The normalized spacial score (nSPS) is 17.1. The molecule has 1 aliphatic rings. The zero-order valence-corrected chi connectivity index (χ0v) is 11.8. The van der Waals surface area contributed by atoms with E-state index in [4.69, 9.17) is 0 Å². The Labute approximate surface area is 116 Å². The average Bonchev–Trinajstić information content (AvgIpc) is 2.37. The predicted molar refractivity (Wildman–Crippen MR) is 74.4 cm³/mol. The molecule has 0 atom stereocenters. The van der Waals surface area contributed by atoms with E-state index in [2.05, 4.69) is 0 Å². The molecule has 3 nitrogen and oxygen atoms in total. The number of likely N-dealkylation sites (tertiary alicyclic amines) is 1. The fourth-order valence-corrected chi connectivity index (χ4v) is 2.88. The Hall–Kier alpha value is -1.07. The van der Waals surface area contributed by atoms with Crippen LogP contribution in [0.5, 0.6) is 0 Å². The summed E-state index contributed by atoms with van der Waals surface area (Å²) >= 11 is 1.51. The number of thioether (sulfide) groups is 1. The van der Waals surface area contributed by atoms with Crippen LogP contribution in [-0.4, -0.2) is 40.4 Å². The highest BCUT2D eigenvalue weighted by Crippen LogP contribution is 2.25. The van der Waals surface area contributed by atoms with Crippen molar-refractivity contribution < 1.29 is 14.3 Å². The molecule has 1 amide bonds. The van der Waals surface area contributed by atoms with Crippen LogP contribution in [0.4, 0.5) is 4.39 Å². The van der Waals surface area contributed by atoms with Gasteiger partial charge in [0, 0.05) is 5.75 Å². The number of β-amino-alcohol motifs (C(OH)–C–C–N with tert-alkyl or cyclic N) is 1. The lowest BCUT2D eigenvalue weighted by Gasteiger charge is -2.46. The summed E-state index contributed by atoms with van der Waals surface area (Å²) in [6, 6.07) is 6.31. The minimum Gasteiger partial charge on any atom is -0.386 e. The number of rotatable bonds is 5. The summed E-state index contributed by atoms with van der Waals surface area (Å²) in [7, 11) is 0. The van der Waals surface area contributed by atoms with Crippen molar-refractivity contribution in [2.24, 2.45) is 0 Å². The Kier molecular flexibility index (Phi) is 4.47. The standard InChI is InChI=1S/C14H18FNO2S/c1-2-14(18)9-16(10-14)13(17)8-19-7-11-3-5-12(15)6-4-11/h3-6,18H,2,7-10H2,1H3. The van der Waals surface area contributed by atoms with Crippen LogP contribution < -0.4 is 0 Å². The molecule has 104 valence electrons. The first kappa shape index (κ1) is 14.3. The monoisotopic (exact) mass is 283 g/mol. The third kappa shape index (κ3) is 3.70. The molecule has 5 heteroatoms. The molecule has 0 spiro atoms. The van der Waals surface area contributed by atoms with Gasteiger partial charge in [-0.1, -0.05) is 19.1 Å². The molecule has 1 heterocycles. The zero-order valence-electron chi connectivity index (χ0n) is 10.9. The molecule has 0 aromatic heterocycles. The van der Waals surface area contributed by atoms with E-state index < -0.39 is 5.60 Å². The number of carbonyl (C=O) groups excluding carboxylic acids is 1. The molecule has 0 radical (unpaired) electrons. The van der Waals surface area contributed by atoms with Crippen molar-refractivity contribution in [3.8, 4) is 0 Å². The lowest BCUT2D eigenvalue weighted by molar-refractivity contribution is -0.152. The van der Waals surface area contributed by atoms with Gasteiger partial charge in [-0.2, -0.15) is 0 Å². The molecule has 0 bridgehead atoms. The van der Waals surface area contributed by atoms with E-state index in [0.717, 1.165) is 5.56 Å². The molecule has 2 rings (SSSR count). The minimum atomic E-state index is -0.669. The van der Waals surface area contributed by atoms with Gasteiger partial charge in [-0.05, 0) is 24.1 Å². The number of nitrogens with zero attached hydrogens (tertiary/aromatic N) is 1. The van der Waals surface area contributed by atoms with Crippen LogP contribution in [0.2, 0.25) is 0 Å². The lowest BCUT2D eigenvalue weighted by Crippen LogP contribution is -2.63. The SMILES string of the molecule is CCC1(O)CN(C(=O)CSCc2ccc(F)cc2)C1. The Morgan fingerprint density at radius 2 is 2.05 bits per heavy atom. The van der Waals surface area contributed by atoms with Gasteiger partial charge in [0.15, 0.2) is 0 Å². The van der Waals surface area contributed by atoms with E-state index in [1.165, 1.54) is 23.9 Å².